The summed E-state index contributed by atoms with van der Waals surface area (Å²) in [6.07, 6.45) is 0.749. The Labute approximate surface area is 133 Å². The number of thioether (sulfide) groups is 1. The first kappa shape index (κ1) is 14.8. The highest BCUT2D eigenvalue weighted by atomic mass is 32.2. The number of nitrogens with zero attached hydrogens (tertiary/aromatic N) is 5. The van der Waals surface area contributed by atoms with E-state index in [2.05, 4.69) is 39.5 Å². The second-order valence-electron chi connectivity index (χ2n) is 4.91. The number of hydrogen-bond acceptors (Lipinski definition) is 6. The van der Waals surface area contributed by atoms with E-state index >= 15 is 0 Å². The molecule has 0 atom stereocenters. The molecule has 2 aromatic heterocycles. The van der Waals surface area contributed by atoms with Crippen molar-refractivity contribution in [3.8, 4) is 11.4 Å². The molecule has 0 spiro atoms. The monoisotopic (exact) mass is 315 g/mol. The van der Waals surface area contributed by atoms with Crippen LogP contribution in [0.15, 0.2) is 33.8 Å². The maximum atomic E-state index is 5.50. The zero-order valence-corrected chi connectivity index (χ0v) is 13.6. The summed E-state index contributed by atoms with van der Waals surface area (Å²) in [5.74, 6) is 2.73. The standard InChI is InChI=1S/C15H17N5OS/c1-4-12-16-17-13(21-12)9-22-15-19-18-14(20(15)3)11-8-6-5-7-10(11)2/h5-8H,4,9H2,1-3H3. The lowest BCUT2D eigenvalue weighted by molar-refractivity contribution is 0.469. The Kier molecular flexibility index (Phi) is 4.24. The minimum absolute atomic E-state index is 0.590. The summed E-state index contributed by atoms with van der Waals surface area (Å²) in [5.41, 5.74) is 2.27. The first-order valence-electron chi connectivity index (χ1n) is 7.08. The first-order chi connectivity index (χ1) is 10.7. The fraction of sp³-hybridized carbons (Fsp3) is 0.333. The lowest BCUT2D eigenvalue weighted by atomic mass is 10.1. The van der Waals surface area contributed by atoms with Gasteiger partial charge >= 0.3 is 0 Å². The fourth-order valence-corrected chi connectivity index (χ4v) is 2.86. The van der Waals surface area contributed by atoms with Crippen molar-refractivity contribution >= 4 is 11.8 Å². The Morgan fingerprint density at radius 1 is 1.09 bits per heavy atom. The van der Waals surface area contributed by atoms with Gasteiger partial charge in [0.1, 0.15) is 0 Å². The molecule has 0 radical (unpaired) electrons. The van der Waals surface area contributed by atoms with Crippen molar-refractivity contribution in [2.75, 3.05) is 0 Å². The summed E-state index contributed by atoms with van der Waals surface area (Å²) in [5, 5.41) is 17.4. The van der Waals surface area contributed by atoms with Crippen molar-refractivity contribution in [1.29, 1.82) is 0 Å². The number of rotatable bonds is 5. The quantitative estimate of drug-likeness (QED) is 0.674. The molecule has 22 heavy (non-hydrogen) atoms. The Morgan fingerprint density at radius 2 is 1.86 bits per heavy atom. The van der Waals surface area contributed by atoms with E-state index < -0.39 is 0 Å². The van der Waals surface area contributed by atoms with Crippen molar-refractivity contribution in [1.82, 2.24) is 25.0 Å². The third kappa shape index (κ3) is 2.89. The highest BCUT2D eigenvalue weighted by molar-refractivity contribution is 7.98. The number of benzene rings is 1. The molecule has 0 amide bonds. The smallest absolute Gasteiger partial charge is 0.226 e. The van der Waals surface area contributed by atoms with E-state index in [0.29, 0.717) is 17.5 Å². The minimum atomic E-state index is 0.590. The van der Waals surface area contributed by atoms with E-state index in [-0.39, 0.29) is 0 Å². The molecule has 0 aliphatic heterocycles. The van der Waals surface area contributed by atoms with Gasteiger partial charge in [0.05, 0.1) is 5.75 Å². The van der Waals surface area contributed by atoms with E-state index in [0.717, 1.165) is 23.0 Å². The normalized spacial score (nSPS) is 11.0. The molecule has 3 rings (SSSR count). The molecule has 2 heterocycles. The molecular formula is C15H17N5OS. The predicted molar refractivity (Wildman–Crippen MR) is 84.4 cm³/mol. The van der Waals surface area contributed by atoms with Gasteiger partial charge in [0.15, 0.2) is 11.0 Å². The van der Waals surface area contributed by atoms with Gasteiger partial charge < -0.3 is 8.98 Å². The lowest BCUT2D eigenvalue weighted by Gasteiger charge is -2.05. The second kappa shape index (κ2) is 6.31. The van der Waals surface area contributed by atoms with Crippen LogP contribution in [0.5, 0.6) is 0 Å². The molecule has 0 saturated carbocycles. The van der Waals surface area contributed by atoms with E-state index in [1.165, 1.54) is 17.3 Å². The molecule has 0 unspecified atom stereocenters. The summed E-state index contributed by atoms with van der Waals surface area (Å²) < 4.78 is 7.49. The fourth-order valence-electron chi connectivity index (χ4n) is 2.11. The molecule has 114 valence electrons. The van der Waals surface area contributed by atoms with Gasteiger partial charge in [0.25, 0.3) is 0 Å². The van der Waals surface area contributed by atoms with Crippen molar-refractivity contribution in [3.05, 3.63) is 41.6 Å². The van der Waals surface area contributed by atoms with Gasteiger partial charge in [-0.3, -0.25) is 0 Å². The number of aromatic nitrogens is 5. The Hall–Kier alpha value is -2.15. The van der Waals surface area contributed by atoms with Crippen molar-refractivity contribution in [2.24, 2.45) is 7.05 Å². The zero-order valence-electron chi connectivity index (χ0n) is 12.8. The third-order valence-electron chi connectivity index (χ3n) is 3.36. The minimum Gasteiger partial charge on any atom is -0.424 e. The lowest BCUT2D eigenvalue weighted by Crippen LogP contribution is -1.96. The third-order valence-corrected chi connectivity index (χ3v) is 4.36. The topological polar surface area (TPSA) is 69.6 Å². The van der Waals surface area contributed by atoms with Crippen LogP contribution in [0.25, 0.3) is 11.4 Å². The molecule has 6 nitrogen and oxygen atoms in total. The summed E-state index contributed by atoms with van der Waals surface area (Å²) in [4.78, 5) is 0. The van der Waals surface area contributed by atoms with Gasteiger partial charge in [-0.2, -0.15) is 0 Å². The van der Waals surface area contributed by atoms with Gasteiger partial charge in [-0.15, -0.1) is 20.4 Å². The molecular weight excluding hydrogens is 298 g/mol. The molecule has 0 aliphatic rings. The summed E-state index contributed by atoms with van der Waals surface area (Å²) in [6.45, 7) is 4.06. The molecule has 1 aromatic carbocycles. The van der Waals surface area contributed by atoms with Crippen molar-refractivity contribution in [3.63, 3.8) is 0 Å². The highest BCUT2D eigenvalue weighted by Crippen LogP contribution is 2.26. The molecule has 0 bridgehead atoms. The molecule has 7 heteroatoms. The van der Waals surface area contributed by atoms with Crippen LogP contribution in [0, 0.1) is 6.92 Å². The largest absolute Gasteiger partial charge is 0.424 e. The molecule has 0 aliphatic carbocycles. The average Bonchev–Trinajstić information content (AvgIpc) is 3.13. The van der Waals surface area contributed by atoms with Crippen molar-refractivity contribution in [2.45, 2.75) is 31.2 Å². The molecule has 0 N–H and O–H groups in total. The maximum absolute atomic E-state index is 5.50. The van der Waals surface area contributed by atoms with Crippen LogP contribution in [0.4, 0.5) is 0 Å². The number of hydrogen-bond donors (Lipinski definition) is 0. The summed E-state index contributed by atoms with van der Waals surface area (Å²) in [6, 6.07) is 8.15. The average molecular weight is 315 g/mol. The predicted octanol–water partition coefficient (Wildman–Crippen LogP) is 3.03. The summed E-state index contributed by atoms with van der Waals surface area (Å²) >= 11 is 1.54. The summed E-state index contributed by atoms with van der Waals surface area (Å²) in [7, 11) is 1.97. The van der Waals surface area contributed by atoms with Crippen LogP contribution in [-0.4, -0.2) is 25.0 Å². The van der Waals surface area contributed by atoms with Crippen LogP contribution in [0.1, 0.15) is 24.3 Å². The highest BCUT2D eigenvalue weighted by Gasteiger charge is 2.14. The van der Waals surface area contributed by atoms with Gasteiger partial charge in [0.2, 0.25) is 11.8 Å². The van der Waals surface area contributed by atoms with E-state index in [9.17, 15) is 0 Å². The van der Waals surface area contributed by atoms with Crippen LogP contribution >= 0.6 is 11.8 Å². The Balaban J connectivity index is 1.77. The van der Waals surface area contributed by atoms with Gasteiger partial charge in [-0.25, -0.2) is 0 Å². The van der Waals surface area contributed by atoms with Gasteiger partial charge in [-0.05, 0) is 12.5 Å². The zero-order chi connectivity index (χ0) is 15.5. The van der Waals surface area contributed by atoms with Crippen molar-refractivity contribution < 1.29 is 4.42 Å². The van der Waals surface area contributed by atoms with Crippen LogP contribution < -0.4 is 0 Å². The van der Waals surface area contributed by atoms with Crippen LogP contribution in [-0.2, 0) is 19.2 Å². The van der Waals surface area contributed by atoms with E-state index in [4.69, 9.17) is 4.42 Å². The van der Waals surface area contributed by atoms with E-state index in [1.54, 1.807) is 0 Å². The van der Waals surface area contributed by atoms with Gasteiger partial charge in [-0.1, -0.05) is 43.0 Å². The molecule has 0 saturated heterocycles. The van der Waals surface area contributed by atoms with Crippen LogP contribution in [0.2, 0.25) is 0 Å². The number of aryl methyl sites for hydroxylation is 2. The van der Waals surface area contributed by atoms with Gasteiger partial charge in [0, 0.05) is 19.0 Å². The van der Waals surface area contributed by atoms with Crippen LogP contribution in [0.3, 0.4) is 0 Å². The Bertz CT molecular complexity index is 780. The molecule has 0 fully saturated rings. The maximum Gasteiger partial charge on any atom is 0.226 e. The second-order valence-corrected chi connectivity index (χ2v) is 5.85. The molecule has 3 aromatic rings. The van der Waals surface area contributed by atoms with E-state index in [1.807, 2.05) is 30.7 Å². The SMILES string of the molecule is CCc1nnc(CSc2nnc(-c3ccccc3C)n2C)o1. The first-order valence-corrected chi connectivity index (χ1v) is 8.07. The Morgan fingerprint density at radius 3 is 2.59 bits per heavy atom.